The monoisotopic (exact) mass is 255 g/mol. The Kier molecular flexibility index (Phi) is 4.05. The summed E-state index contributed by atoms with van der Waals surface area (Å²) in [5, 5.41) is 3.77. The van der Waals surface area contributed by atoms with Crippen LogP contribution in [0.25, 0.3) is 0 Å². The summed E-state index contributed by atoms with van der Waals surface area (Å²) >= 11 is 0. The minimum atomic E-state index is -1.28. The third-order valence-corrected chi connectivity index (χ3v) is 2.66. The number of aryl methyl sites for hydroxylation is 1. The molecule has 7 heteroatoms. The number of rotatable bonds is 5. The lowest BCUT2D eigenvalue weighted by molar-refractivity contribution is -0.158. The molecule has 0 unspecified atom stereocenters. The van der Waals surface area contributed by atoms with E-state index in [9.17, 15) is 14.4 Å². The van der Waals surface area contributed by atoms with Crippen LogP contribution in [0.2, 0.25) is 0 Å². The van der Waals surface area contributed by atoms with E-state index >= 15 is 0 Å². The Labute approximate surface area is 104 Å². The first kappa shape index (κ1) is 14.1. The number of Topliss-reactive ketones (excluding diaryl/α,β-unsaturated/α-hetero) is 1. The molecule has 0 saturated carbocycles. The molecule has 1 aromatic heterocycles. The molecule has 0 aliphatic heterocycles. The van der Waals surface area contributed by atoms with Crippen molar-refractivity contribution >= 4 is 11.8 Å². The predicted molar refractivity (Wildman–Crippen MR) is 62.9 cm³/mol. The van der Waals surface area contributed by atoms with Crippen LogP contribution in [-0.4, -0.2) is 32.7 Å². The lowest BCUT2D eigenvalue weighted by Crippen LogP contribution is -2.39. The lowest BCUT2D eigenvalue weighted by Gasteiger charge is -2.20. The van der Waals surface area contributed by atoms with Crippen LogP contribution >= 0.6 is 0 Å². The second-order valence-electron chi connectivity index (χ2n) is 4.45. The molecule has 1 heterocycles. The van der Waals surface area contributed by atoms with Crippen LogP contribution in [-0.2, 0) is 27.9 Å². The van der Waals surface area contributed by atoms with Crippen molar-refractivity contribution in [2.75, 3.05) is 6.61 Å². The summed E-state index contributed by atoms with van der Waals surface area (Å²) in [6.45, 7) is 4.58. The number of ether oxygens (including phenoxy) is 1. The third kappa shape index (κ3) is 2.66. The SMILES string of the molecule is CCOC(=O)C(C)(C)C(=O)Cn1ncn(C)c1=O. The summed E-state index contributed by atoms with van der Waals surface area (Å²) in [7, 11) is 1.53. The van der Waals surface area contributed by atoms with Gasteiger partial charge in [-0.05, 0) is 20.8 Å². The summed E-state index contributed by atoms with van der Waals surface area (Å²) in [5.41, 5.74) is -1.68. The largest absolute Gasteiger partial charge is 0.465 e. The molecule has 0 radical (unpaired) electrons. The first-order chi connectivity index (χ1) is 8.30. The van der Waals surface area contributed by atoms with E-state index in [1.807, 2.05) is 0 Å². The summed E-state index contributed by atoms with van der Waals surface area (Å²) in [6.07, 6.45) is 1.31. The van der Waals surface area contributed by atoms with Gasteiger partial charge in [-0.1, -0.05) is 0 Å². The van der Waals surface area contributed by atoms with Gasteiger partial charge in [-0.25, -0.2) is 9.48 Å². The van der Waals surface area contributed by atoms with Gasteiger partial charge in [0.2, 0.25) is 0 Å². The molecule has 7 nitrogen and oxygen atoms in total. The van der Waals surface area contributed by atoms with Gasteiger partial charge < -0.3 is 4.74 Å². The van der Waals surface area contributed by atoms with Crippen LogP contribution in [0, 0.1) is 5.41 Å². The van der Waals surface area contributed by atoms with E-state index in [0.717, 1.165) is 4.68 Å². The molecule has 0 aliphatic carbocycles. The summed E-state index contributed by atoms with van der Waals surface area (Å²) in [5.74, 6) is -1.01. The van der Waals surface area contributed by atoms with Crippen LogP contribution in [0.4, 0.5) is 0 Å². The van der Waals surface area contributed by atoms with E-state index in [2.05, 4.69) is 5.10 Å². The fraction of sp³-hybridized carbons (Fsp3) is 0.636. The highest BCUT2D eigenvalue weighted by Gasteiger charge is 2.37. The topological polar surface area (TPSA) is 83.2 Å². The smallest absolute Gasteiger partial charge is 0.345 e. The average molecular weight is 255 g/mol. The van der Waals surface area contributed by atoms with Crippen molar-refractivity contribution in [3.05, 3.63) is 16.8 Å². The first-order valence-corrected chi connectivity index (χ1v) is 5.59. The van der Waals surface area contributed by atoms with Crippen molar-refractivity contribution in [3.8, 4) is 0 Å². The van der Waals surface area contributed by atoms with Crippen LogP contribution < -0.4 is 5.69 Å². The van der Waals surface area contributed by atoms with Gasteiger partial charge in [0.15, 0.2) is 5.78 Å². The van der Waals surface area contributed by atoms with E-state index in [0.29, 0.717) is 0 Å². The van der Waals surface area contributed by atoms with Crippen LogP contribution in [0.3, 0.4) is 0 Å². The molecule has 0 aromatic carbocycles. The molecule has 0 spiro atoms. The van der Waals surface area contributed by atoms with Gasteiger partial charge in [-0.15, -0.1) is 0 Å². The third-order valence-electron chi connectivity index (χ3n) is 2.66. The van der Waals surface area contributed by atoms with Crippen molar-refractivity contribution in [2.24, 2.45) is 12.5 Å². The minimum absolute atomic E-state index is 0.207. The van der Waals surface area contributed by atoms with Gasteiger partial charge >= 0.3 is 11.7 Å². The summed E-state index contributed by atoms with van der Waals surface area (Å²) in [4.78, 5) is 35.2. The molecule has 1 rings (SSSR count). The van der Waals surface area contributed by atoms with Crippen LogP contribution in [0.5, 0.6) is 0 Å². The fourth-order valence-corrected chi connectivity index (χ4v) is 1.29. The quantitative estimate of drug-likeness (QED) is 0.534. The number of carbonyl (C=O) groups is 2. The summed E-state index contributed by atoms with van der Waals surface area (Å²) in [6, 6.07) is 0. The Morgan fingerprint density at radius 3 is 2.50 bits per heavy atom. The molecule has 0 bridgehead atoms. The van der Waals surface area contributed by atoms with Crippen molar-refractivity contribution in [2.45, 2.75) is 27.3 Å². The highest BCUT2D eigenvalue weighted by atomic mass is 16.5. The molecule has 0 saturated heterocycles. The fourth-order valence-electron chi connectivity index (χ4n) is 1.29. The zero-order valence-electron chi connectivity index (χ0n) is 11.0. The van der Waals surface area contributed by atoms with Gasteiger partial charge in [-0.3, -0.25) is 14.2 Å². The normalized spacial score (nSPS) is 11.3. The number of ketones is 1. The maximum atomic E-state index is 12.0. The standard InChI is InChI=1S/C11H17N3O4/c1-5-18-9(16)11(2,3)8(15)6-14-10(17)13(4)7-12-14/h7H,5-6H2,1-4H3. The maximum absolute atomic E-state index is 12.0. The molecule has 0 N–H and O–H groups in total. The van der Waals surface area contributed by atoms with Crippen molar-refractivity contribution in [1.82, 2.24) is 14.3 Å². The number of hydrogen-bond acceptors (Lipinski definition) is 5. The molecule has 18 heavy (non-hydrogen) atoms. The second-order valence-corrected chi connectivity index (χ2v) is 4.45. The zero-order valence-corrected chi connectivity index (χ0v) is 11.0. The number of carbonyl (C=O) groups excluding carboxylic acids is 2. The van der Waals surface area contributed by atoms with Crippen molar-refractivity contribution in [3.63, 3.8) is 0 Å². The molecule has 0 atom stereocenters. The van der Waals surface area contributed by atoms with E-state index in [4.69, 9.17) is 4.74 Å². The van der Waals surface area contributed by atoms with Crippen molar-refractivity contribution in [1.29, 1.82) is 0 Å². The van der Waals surface area contributed by atoms with Gasteiger partial charge in [0, 0.05) is 7.05 Å². The molecular weight excluding hydrogens is 238 g/mol. The predicted octanol–water partition coefficient (Wildman–Crippen LogP) is -0.260. The Balaban J connectivity index is 2.85. The van der Waals surface area contributed by atoms with Crippen molar-refractivity contribution < 1.29 is 14.3 Å². The highest BCUT2D eigenvalue weighted by molar-refractivity contribution is 6.02. The Bertz CT molecular complexity index is 513. The van der Waals surface area contributed by atoms with E-state index < -0.39 is 22.9 Å². The molecular formula is C11H17N3O4. The van der Waals surface area contributed by atoms with E-state index in [1.54, 1.807) is 6.92 Å². The van der Waals surface area contributed by atoms with Gasteiger partial charge in [0.05, 0.1) is 6.61 Å². The van der Waals surface area contributed by atoms with Crippen LogP contribution in [0.15, 0.2) is 11.1 Å². The van der Waals surface area contributed by atoms with Gasteiger partial charge in [-0.2, -0.15) is 5.10 Å². The molecule has 0 amide bonds. The van der Waals surface area contributed by atoms with E-state index in [-0.39, 0.29) is 13.2 Å². The number of aromatic nitrogens is 3. The first-order valence-electron chi connectivity index (χ1n) is 5.59. The van der Waals surface area contributed by atoms with Crippen LogP contribution in [0.1, 0.15) is 20.8 Å². The average Bonchev–Trinajstić information content (AvgIpc) is 2.61. The number of hydrogen-bond donors (Lipinski definition) is 0. The molecule has 1 aromatic rings. The van der Waals surface area contributed by atoms with E-state index in [1.165, 1.54) is 31.8 Å². The summed E-state index contributed by atoms with van der Waals surface area (Å²) < 4.78 is 7.10. The number of nitrogens with zero attached hydrogens (tertiary/aromatic N) is 3. The zero-order chi connectivity index (χ0) is 13.9. The van der Waals surface area contributed by atoms with Gasteiger partial charge in [0.25, 0.3) is 0 Å². The minimum Gasteiger partial charge on any atom is -0.465 e. The Morgan fingerprint density at radius 2 is 2.06 bits per heavy atom. The maximum Gasteiger partial charge on any atom is 0.345 e. The second kappa shape index (κ2) is 5.16. The molecule has 100 valence electrons. The Hall–Kier alpha value is -1.92. The lowest BCUT2D eigenvalue weighted by atomic mass is 9.88. The van der Waals surface area contributed by atoms with Gasteiger partial charge in [0.1, 0.15) is 18.3 Å². The highest BCUT2D eigenvalue weighted by Crippen LogP contribution is 2.19. The molecule has 0 aliphatic rings. The number of esters is 1. The molecule has 0 fully saturated rings. The Morgan fingerprint density at radius 1 is 1.44 bits per heavy atom.